The van der Waals surface area contributed by atoms with E-state index in [0.717, 1.165) is 19.1 Å². The number of nitrogens with two attached hydrogens (primary N) is 1. The number of hydrogen-bond donors (Lipinski definition) is 1. The monoisotopic (exact) mass is 185 g/mol. The Hall–Kier alpha value is -0.0800. The molecule has 0 saturated heterocycles. The van der Waals surface area contributed by atoms with Crippen LogP contribution < -0.4 is 5.73 Å². The molecule has 0 aromatic heterocycles. The molecule has 0 amide bonds. The smallest absolute Gasteiger partial charge is 0.0575 e. The van der Waals surface area contributed by atoms with Crippen LogP contribution in [-0.2, 0) is 4.74 Å². The van der Waals surface area contributed by atoms with Crippen LogP contribution in [0.1, 0.15) is 39.5 Å². The highest BCUT2D eigenvalue weighted by Crippen LogP contribution is 2.25. The molecule has 2 nitrogen and oxygen atoms in total. The Bertz CT molecular complexity index is 128. The molecule has 0 aromatic carbocycles. The maximum absolute atomic E-state index is 5.80. The average Bonchev–Trinajstić information content (AvgIpc) is 2.15. The molecule has 13 heavy (non-hydrogen) atoms. The summed E-state index contributed by atoms with van der Waals surface area (Å²) in [4.78, 5) is 0. The standard InChI is InChI=1S/C11H23NO/c1-9(2)8-13-11-5-3-10(7-12)4-6-11/h9-11H,3-8,12H2,1-2H3. The van der Waals surface area contributed by atoms with Crippen LogP contribution in [0.5, 0.6) is 0 Å². The van der Waals surface area contributed by atoms with Crippen LogP contribution in [0.4, 0.5) is 0 Å². The number of ether oxygens (including phenoxy) is 1. The summed E-state index contributed by atoms with van der Waals surface area (Å²) in [6, 6.07) is 0. The van der Waals surface area contributed by atoms with E-state index in [2.05, 4.69) is 13.8 Å². The maximum atomic E-state index is 5.80. The molecule has 0 radical (unpaired) electrons. The Balaban J connectivity index is 2.10. The molecule has 78 valence electrons. The second kappa shape index (κ2) is 5.61. The molecule has 0 spiro atoms. The third kappa shape index (κ3) is 4.10. The molecule has 1 aliphatic carbocycles. The zero-order valence-corrected chi connectivity index (χ0v) is 8.96. The largest absolute Gasteiger partial charge is 0.378 e. The number of hydrogen-bond acceptors (Lipinski definition) is 2. The molecule has 0 bridgehead atoms. The highest BCUT2D eigenvalue weighted by molar-refractivity contribution is 4.73. The molecular weight excluding hydrogens is 162 g/mol. The van der Waals surface area contributed by atoms with E-state index < -0.39 is 0 Å². The summed E-state index contributed by atoms with van der Waals surface area (Å²) in [5.74, 6) is 1.42. The van der Waals surface area contributed by atoms with E-state index in [1.807, 2.05) is 0 Å². The van der Waals surface area contributed by atoms with Crippen molar-refractivity contribution >= 4 is 0 Å². The van der Waals surface area contributed by atoms with Crippen molar-refractivity contribution in [3.63, 3.8) is 0 Å². The first-order chi connectivity index (χ1) is 6.22. The third-order valence-corrected chi connectivity index (χ3v) is 2.79. The van der Waals surface area contributed by atoms with Crippen molar-refractivity contribution in [1.29, 1.82) is 0 Å². The van der Waals surface area contributed by atoms with Gasteiger partial charge in [0.2, 0.25) is 0 Å². The van der Waals surface area contributed by atoms with Crippen molar-refractivity contribution in [3.8, 4) is 0 Å². The highest BCUT2D eigenvalue weighted by Gasteiger charge is 2.20. The topological polar surface area (TPSA) is 35.2 Å². The van der Waals surface area contributed by atoms with Crippen LogP contribution in [0.15, 0.2) is 0 Å². The van der Waals surface area contributed by atoms with Gasteiger partial charge >= 0.3 is 0 Å². The summed E-state index contributed by atoms with van der Waals surface area (Å²) >= 11 is 0. The minimum absolute atomic E-state index is 0.519. The fraction of sp³-hybridized carbons (Fsp3) is 1.00. The first kappa shape index (κ1) is 11.0. The van der Waals surface area contributed by atoms with Crippen molar-refractivity contribution in [2.45, 2.75) is 45.6 Å². The highest BCUT2D eigenvalue weighted by atomic mass is 16.5. The normalized spacial score (nSPS) is 29.5. The molecule has 2 N–H and O–H groups in total. The van der Waals surface area contributed by atoms with Crippen molar-refractivity contribution < 1.29 is 4.74 Å². The van der Waals surface area contributed by atoms with Gasteiger partial charge in [-0.05, 0) is 44.1 Å². The Kier molecular flexibility index (Phi) is 4.74. The van der Waals surface area contributed by atoms with Crippen molar-refractivity contribution in [1.82, 2.24) is 0 Å². The van der Waals surface area contributed by atoms with Gasteiger partial charge in [-0.15, -0.1) is 0 Å². The summed E-state index contributed by atoms with van der Waals surface area (Å²) in [6.07, 6.45) is 5.48. The predicted octanol–water partition coefficient (Wildman–Crippen LogP) is 2.18. The van der Waals surface area contributed by atoms with Gasteiger partial charge in [0.05, 0.1) is 6.10 Å². The lowest BCUT2D eigenvalue weighted by molar-refractivity contribution is 0.00536. The van der Waals surface area contributed by atoms with E-state index in [1.165, 1.54) is 25.7 Å². The van der Waals surface area contributed by atoms with E-state index in [-0.39, 0.29) is 0 Å². The first-order valence-corrected chi connectivity index (χ1v) is 5.54. The fourth-order valence-electron chi connectivity index (χ4n) is 1.86. The van der Waals surface area contributed by atoms with Gasteiger partial charge in [0, 0.05) is 6.61 Å². The van der Waals surface area contributed by atoms with E-state index in [0.29, 0.717) is 12.0 Å². The summed E-state index contributed by atoms with van der Waals surface area (Å²) < 4.78 is 5.80. The molecule has 0 aromatic rings. The zero-order valence-electron chi connectivity index (χ0n) is 8.96. The number of rotatable bonds is 4. The Morgan fingerprint density at radius 3 is 2.31 bits per heavy atom. The van der Waals surface area contributed by atoms with Gasteiger partial charge in [-0.25, -0.2) is 0 Å². The molecule has 1 saturated carbocycles. The lowest BCUT2D eigenvalue weighted by atomic mass is 9.87. The van der Waals surface area contributed by atoms with Gasteiger partial charge in [-0.1, -0.05) is 13.8 Å². The van der Waals surface area contributed by atoms with Crippen molar-refractivity contribution in [2.24, 2.45) is 17.6 Å². The molecule has 0 atom stereocenters. The van der Waals surface area contributed by atoms with Crippen molar-refractivity contribution in [3.05, 3.63) is 0 Å². The molecule has 0 unspecified atom stereocenters. The zero-order chi connectivity index (χ0) is 9.68. The van der Waals surface area contributed by atoms with Gasteiger partial charge < -0.3 is 10.5 Å². The van der Waals surface area contributed by atoms with E-state index in [4.69, 9.17) is 10.5 Å². The van der Waals surface area contributed by atoms with Gasteiger partial charge in [-0.3, -0.25) is 0 Å². The summed E-state index contributed by atoms with van der Waals surface area (Å²) in [5.41, 5.74) is 5.63. The van der Waals surface area contributed by atoms with E-state index in [9.17, 15) is 0 Å². The fourth-order valence-corrected chi connectivity index (χ4v) is 1.86. The average molecular weight is 185 g/mol. The van der Waals surface area contributed by atoms with Crippen molar-refractivity contribution in [2.75, 3.05) is 13.2 Å². The first-order valence-electron chi connectivity index (χ1n) is 5.54. The summed E-state index contributed by atoms with van der Waals surface area (Å²) in [7, 11) is 0. The second-order valence-electron chi connectivity index (χ2n) is 4.61. The third-order valence-electron chi connectivity index (χ3n) is 2.79. The molecule has 2 heteroatoms. The Morgan fingerprint density at radius 2 is 1.85 bits per heavy atom. The quantitative estimate of drug-likeness (QED) is 0.728. The lowest BCUT2D eigenvalue weighted by Crippen LogP contribution is -2.26. The van der Waals surface area contributed by atoms with Crippen LogP contribution in [0.3, 0.4) is 0 Å². The molecule has 0 heterocycles. The summed E-state index contributed by atoms with van der Waals surface area (Å²) in [5, 5.41) is 0. The van der Waals surface area contributed by atoms with E-state index >= 15 is 0 Å². The van der Waals surface area contributed by atoms with Crippen LogP contribution in [-0.4, -0.2) is 19.3 Å². The molecular formula is C11H23NO. The summed E-state index contributed by atoms with van der Waals surface area (Å²) in [6.45, 7) is 6.17. The molecule has 1 aliphatic rings. The Labute approximate surface area is 81.8 Å². The molecule has 0 aliphatic heterocycles. The van der Waals surface area contributed by atoms with Crippen LogP contribution >= 0.6 is 0 Å². The van der Waals surface area contributed by atoms with Gasteiger partial charge in [0.15, 0.2) is 0 Å². The lowest BCUT2D eigenvalue weighted by Gasteiger charge is -2.28. The maximum Gasteiger partial charge on any atom is 0.0575 e. The van der Waals surface area contributed by atoms with Gasteiger partial charge in [0.25, 0.3) is 0 Å². The minimum Gasteiger partial charge on any atom is -0.378 e. The molecule has 1 rings (SSSR count). The predicted molar refractivity (Wildman–Crippen MR) is 55.6 cm³/mol. The van der Waals surface area contributed by atoms with E-state index in [1.54, 1.807) is 0 Å². The van der Waals surface area contributed by atoms with Crippen LogP contribution in [0.25, 0.3) is 0 Å². The molecule has 1 fully saturated rings. The SMILES string of the molecule is CC(C)COC1CCC(CN)CC1. The van der Waals surface area contributed by atoms with Crippen LogP contribution in [0, 0.1) is 11.8 Å². The minimum atomic E-state index is 0.519. The second-order valence-corrected chi connectivity index (χ2v) is 4.61. The van der Waals surface area contributed by atoms with Gasteiger partial charge in [-0.2, -0.15) is 0 Å². The van der Waals surface area contributed by atoms with Gasteiger partial charge in [0.1, 0.15) is 0 Å². The Morgan fingerprint density at radius 1 is 1.23 bits per heavy atom. The van der Waals surface area contributed by atoms with Crippen LogP contribution in [0.2, 0.25) is 0 Å².